The third kappa shape index (κ3) is 6.45. The van der Waals surface area contributed by atoms with Crippen LogP contribution in [0.1, 0.15) is 69.7 Å². The van der Waals surface area contributed by atoms with Gasteiger partial charge in [0.2, 0.25) is 0 Å². The van der Waals surface area contributed by atoms with E-state index in [2.05, 4.69) is 99.9 Å². The quantitative estimate of drug-likeness (QED) is 0.409. The largest absolute Gasteiger partial charge is 0.299 e. The van der Waals surface area contributed by atoms with Gasteiger partial charge in [0.1, 0.15) is 5.82 Å². The van der Waals surface area contributed by atoms with Gasteiger partial charge in [0.25, 0.3) is 0 Å². The smallest absolute Gasteiger partial charge is 0.144 e. The van der Waals surface area contributed by atoms with Crippen molar-refractivity contribution >= 4 is 0 Å². The minimum absolute atomic E-state index is 0.469. The van der Waals surface area contributed by atoms with Crippen molar-refractivity contribution in [3.05, 3.63) is 84.2 Å². The third-order valence-electron chi connectivity index (χ3n) is 4.34. The maximum absolute atomic E-state index is 4.67. The maximum atomic E-state index is 4.67. The summed E-state index contributed by atoms with van der Waals surface area (Å²) in [5, 5.41) is 0. The highest BCUT2D eigenvalue weighted by molar-refractivity contribution is 5.65. The Bertz CT molecular complexity index is 833. The number of rotatable bonds is 3. The molecule has 0 saturated carbocycles. The van der Waals surface area contributed by atoms with E-state index in [0.29, 0.717) is 5.92 Å². The predicted octanol–water partition coefficient (Wildman–Crippen LogP) is 8.44. The van der Waals surface area contributed by atoms with E-state index >= 15 is 0 Å². The highest BCUT2D eigenvalue weighted by Crippen LogP contribution is 2.31. The van der Waals surface area contributed by atoms with Gasteiger partial charge in [-0.05, 0) is 43.4 Å². The Kier molecular flexibility index (Phi) is 12.3. The molecule has 1 heterocycles. The van der Waals surface area contributed by atoms with Gasteiger partial charge in [0.05, 0.1) is 5.69 Å². The highest BCUT2D eigenvalue weighted by Gasteiger charge is 2.16. The molecular weight excluding hydrogens is 352 g/mol. The molecule has 2 heteroatoms. The van der Waals surface area contributed by atoms with Crippen LogP contribution in [0.2, 0.25) is 0 Å². The predicted molar refractivity (Wildman–Crippen MR) is 131 cm³/mol. The second kappa shape index (κ2) is 13.5. The fourth-order valence-electron chi connectivity index (χ4n) is 3.44. The average molecular weight is 393 g/mol. The molecule has 29 heavy (non-hydrogen) atoms. The van der Waals surface area contributed by atoms with Crippen molar-refractivity contribution in [3.8, 4) is 17.1 Å². The fourth-order valence-corrected chi connectivity index (χ4v) is 3.44. The van der Waals surface area contributed by atoms with Gasteiger partial charge in [-0.3, -0.25) is 4.57 Å². The van der Waals surface area contributed by atoms with Gasteiger partial charge >= 0.3 is 0 Å². The topological polar surface area (TPSA) is 17.8 Å². The Balaban J connectivity index is 0.00000120. The Labute approximate surface area is 179 Å². The molecule has 0 radical (unpaired) electrons. The molecule has 3 rings (SSSR count). The lowest BCUT2D eigenvalue weighted by Gasteiger charge is -2.17. The number of hydrogen-bond donors (Lipinski definition) is 0. The van der Waals surface area contributed by atoms with Crippen LogP contribution in [0.15, 0.2) is 61.9 Å². The lowest BCUT2D eigenvalue weighted by atomic mass is 9.96. The molecular formula is C27H40N2. The van der Waals surface area contributed by atoms with Crippen LogP contribution in [0.3, 0.4) is 0 Å². The number of aryl methyl sites for hydroxylation is 3. The van der Waals surface area contributed by atoms with Gasteiger partial charge in [0, 0.05) is 18.0 Å². The van der Waals surface area contributed by atoms with Gasteiger partial charge in [-0.15, -0.1) is 13.2 Å². The molecule has 0 aliphatic rings. The second-order valence-corrected chi connectivity index (χ2v) is 6.61. The van der Waals surface area contributed by atoms with Crippen molar-refractivity contribution < 1.29 is 0 Å². The first-order valence-electron chi connectivity index (χ1n) is 10.7. The zero-order valence-corrected chi connectivity index (χ0v) is 20.0. The summed E-state index contributed by atoms with van der Waals surface area (Å²) in [5.74, 6) is 1.49. The summed E-state index contributed by atoms with van der Waals surface area (Å²) in [6.45, 7) is 25.0. The van der Waals surface area contributed by atoms with Crippen LogP contribution in [0.4, 0.5) is 0 Å². The van der Waals surface area contributed by atoms with Gasteiger partial charge in [-0.25, -0.2) is 4.98 Å². The van der Waals surface area contributed by atoms with Crippen molar-refractivity contribution in [2.45, 2.75) is 68.2 Å². The monoisotopic (exact) mass is 392 g/mol. The zero-order chi connectivity index (χ0) is 22.6. The van der Waals surface area contributed by atoms with Crippen LogP contribution in [-0.4, -0.2) is 9.55 Å². The van der Waals surface area contributed by atoms with E-state index in [4.69, 9.17) is 0 Å². The van der Waals surface area contributed by atoms with Gasteiger partial charge in [0.15, 0.2) is 0 Å². The molecule has 0 saturated heterocycles. The van der Waals surface area contributed by atoms with E-state index in [1.807, 2.05) is 33.9 Å². The van der Waals surface area contributed by atoms with Crippen molar-refractivity contribution in [1.82, 2.24) is 9.55 Å². The molecule has 0 bridgehead atoms. The van der Waals surface area contributed by atoms with Crippen LogP contribution in [0.25, 0.3) is 17.1 Å². The normalized spacial score (nSPS) is 9.45. The van der Waals surface area contributed by atoms with Crippen LogP contribution in [0.5, 0.6) is 0 Å². The highest BCUT2D eigenvalue weighted by atomic mass is 15.1. The molecule has 0 amide bonds. The van der Waals surface area contributed by atoms with Crippen LogP contribution in [-0.2, 0) is 0 Å². The molecule has 3 aromatic rings. The summed E-state index contributed by atoms with van der Waals surface area (Å²) in [6.07, 6.45) is 3.96. The lowest BCUT2D eigenvalue weighted by molar-refractivity contribution is 0.864. The molecule has 0 aliphatic heterocycles. The van der Waals surface area contributed by atoms with Crippen molar-refractivity contribution in [2.75, 3.05) is 0 Å². The Hall–Kier alpha value is -2.61. The second-order valence-electron chi connectivity index (χ2n) is 6.61. The molecule has 2 aromatic carbocycles. The Morgan fingerprint density at radius 2 is 1.38 bits per heavy atom. The van der Waals surface area contributed by atoms with Crippen molar-refractivity contribution in [3.63, 3.8) is 0 Å². The number of imidazole rings is 1. The first kappa shape index (κ1) is 26.4. The molecule has 0 fully saturated rings. The van der Waals surface area contributed by atoms with Gasteiger partial charge < -0.3 is 0 Å². The number of nitrogens with zero attached hydrogens (tertiary/aromatic N) is 2. The first-order valence-corrected chi connectivity index (χ1v) is 10.7. The minimum atomic E-state index is 0.469. The maximum Gasteiger partial charge on any atom is 0.144 e. The van der Waals surface area contributed by atoms with E-state index < -0.39 is 0 Å². The molecule has 1 aromatic heterocycles. The van der Waals surface area contributed by atoms with Gasteiger partial charge in [-0.2, -0.15) is 0 Å². The molecule has 0 spiro atoms. The molecule has 2 nitrogen and oxygen atoms in total. The summed E-state index contributed by atoms with van der Waals surface area (Å²) in [5.41, 5.74) is 7.65. The Morgan fingerprint density at radius 1 is 0.862 bits per heavy atom. The summed E-state index contributed by atoms with van der Waals surface area (Å²) in [6, 6.07) is 13.0. The summed E-state index contributed by atoms with van der Waals surface area (Å²) in [4.78, 5) is 4.67. The minimum Gasteiger partial charge on any atom is -0.299 e. The number of aromatic nitrogens is 2. The van der Waals surface area contributed by atoms with E-state index in [1.165, 1.54) is 33.5 Å². The molecule has 0 unspecified atom stereocenters. The van der Waals surface area contributed by atoms with Crippen molar-refractivity contribution in [2.24, 2.45) is 0 Å². The van der Waals surface area contributed by atoms with Crippen LogP contribution >= 0.6 is 0 Å². The Morgan fingerprint density at radius 3 is 1.90 bits per heavy atom. The summed E-state index contributed by atoms with van der Waals surface area (Å²) in [7, 11) is 0. The van der Waals surface area contributed by atoms with Gasteiger partial charge in [-0.1, -0.05) is 83.5 Å². The van der Waals surface area contributed by atoms with E-state index in [1.54, 1.807) is 0 Å². The molecule has 0 N–H and O–H groups in total. The van der Waals surface area contributed by atoms with Crippen LogP contribution < -0.4 is 0 Å². The number of benzene rings is 2. The van der Waals surface area contributed by atoms with E-state index in [-0.39, 0.29) is 0 Å². The lowest BCUT2D eigenvalue weighted by Crippen LogP contribution is -2.04. The number of hydrogen-bond acceptors (Lipinski definition) is 1. The van der Waals surface area contributed by atoms with E-state index in [0.717, 1.165) is 5.82 Å². The van der Waals surface area contributed by atoms with Crippen LogP contribution in [0, 0.1) is 20.8 Å². The zero-order valence-electron chi connectivity index (χ0n) is 20.0. The van der Waals surface area contributed by atoms with Crippen molar-refractivity contribution in [1.29, 1.82) is 0 Å². The summed E-state index contributed by atoms with van der Waals surface area (Å²) < 4.78 is 2.23. The first-order chi connectivity index (χ1) is 14.0. The van der Waals surface area contributed by atoms with E-state index in [9.17, 15) is 0 Å². The molecule has 158 valence electrons. The third-order valence-corrected chi connectivity index (χ3v) is 4.34. The molecule has 0 aliphatic carbocycles. The summed E-state index contributed by atoms with van der Waals surface area (Å²) >= 11 is 0. The molecule has 0 atom stereocenters. The fraction of sp³-hybridized carbons (Fsp3) is 0.370. The average Bonchev–Trinajstić information content (AvgIpc) is 3.21. The SMILES string of the molecule is C=C.CC.CC.Cc1cc(C)c(-n2ccnc2-c2ccccc2C(C)C)c(C)c1. The standard InChI is InChI=1S/C21H24N2.2C2H6.C2H4/c1-14(2)18-8-6-7-9-19(18)21-22-10-11-23(21)20-16(4)12-15(3)13-17(20)5;3*1-2/h6-14H,1-5H3;2*1-2H3;1-2H2.